The van der Waals surface area contributed by atoms with E-state index >= 15 is 0 Å². The van der Waals surface area contributed by atoms with Crippen molar-refractivity contribution in [2.75, 3.05) is 0 Å². The van der Waals surface area contributed by atoms with Crippen LogP contribution < -0.4 is 42.5 Å². The molecule has 33 heteroatoms. The third kappa shape index (κ3) is 13.8. The SMILES string of the molecule is C1CCC2C3NC(NC4NC(NC5NC(NC6NC(N3)C3CCCCC63)C3CCCCC53)C3CCCCC43)C2C1.O=S(=O)([O-])S(=O)(=O)Cl.O=S(=O)([O-])S(=O)(=O)Cl.O=S(=O)([O-])S(=O)(=O)Cl.[Ni+3]. The van der Waals surface area contributed by atoms with Crippen molar-refractivity contribution in [2.45, 2.75) is 152 Å². The molecular formula is C32H56Cl3N8NiO15S6. The van der Waals surface area contributed by atoms with Gasteiger partial charge >= 0.3 is 40.7 Å². The normalized spacial score (nSPS) is 40.5. The first-order chi connectivity index (χ1) is 29.5. The van der Waals surface area contributed by atoms with E-state index in [0.717, 1.165) is 47.3 Å². The molecule has 0 spiro atoms. The monoisotopic (exact) mass is 1150 g/mol. The van der Waals surface area contributed by atoms with Crippen molar-refractivity contribution in [3.05, 3.63) is 0 Å². The van der Waals surface area contributed by atoms with Crippen LogP contribution in [0, 0.1) is 47.3 Å². The first kappa shape index (κ1) is 56.5. The van der Waals surface area contributed by atoms with E-state index in [4.69, 9.17) is 0 Å². The fraction of sp³-hybridized carbons (Fsp3) is 1.00. The minimum absolute atomic E-state index is 0. The molecule has 0 aromatic heterocycles. The van der Waals surface area contributed by atoms with Crippen LogP contribution in [0.4, 0.5) is 0 Å². The van der Waals surface area contributed by atoms with Gasteiger partial charge < -0.3 is 13.7 Å². The zero-order valence-electron chi connectivity index (χ0n) is 34.6. The maximum absolute atomic E-state index is 9.52. The molecule has 0 aromatic rings. The average Bonchev–Trinajstić information content (AvgIpc) is 3.92. The number of nitrogens with one attached hydrogen (secondary N) is 8. The minimum Gasteiger partial charge on any atom is -0.735 e. The number of halogens is 3. The van der Waals surface area contributed by atoms with Crippen LogP contribution in [0.25, 0.3) is 0 Å². The van der Waals surface area contributed by atoms with Gasteiger partial charge in [0, 0.05) is 32.0 Å². The molecule has 4 saturated carbocycles. The summed E-state index contributed by atoms with van der Waals surface area (Å²) in [6, 6.07) is 0. The molecule has 8 atom stereocenters. The summed E-state index contributed by atoms with van der Waals surface area (Å²) in [4.78, 5) is 0. The van der Waals surface area contributed by atoms with Crippen molar-refractivity contribution in [2.24, 2.45) is 47.3 Å². The van der Waals surface area contributed by atoms with Gasteiger partial charge in [-0.15, -0.1) is 0 Å². The van der Waals surface area contributed by atoms with Crippen LogP contribution in [0.3, 0.4) is 0 Å². The van der Waals surface area contributed by atoms with Crippen LogP contribution >= 0.6 is 32.0 Å². The summed E-state index contributed by atoms with van der Waals surface area (Å²) in [7, 11) is -18.7. The molecule has 8 unspecified atom stereocenters. The molecule has 0 aromatic carbocycles. The van der Waals surface area contributed by atoms with E-state index in [2.05, 4.69) is 74.6 Å². The smallest absolute Gasteiger partial charge is 0.735 e. The van der Waals surface area contributed by atoms with Gasteiger partial charge in [0.25, 0.3) is 0 Å². The first-order valence-corrected chi connectivity index (χ1v) is 34.1. The second-order valence-corrected chi connectivity index (χ2v) is 35.7. The van der Waals surface area contributed by atoms with E-state index < -0.39 is 51.7 Å². The summed E-state index contributed by atoms with van der Waals surface area (Å²) in [5.41, 5.74) is 0. The Morgan fingerprint density at radius 2 is 0.369 bits per heavy atom. The van der Waals surface area contributed by atoms with E-state index in [1.54, 1.807) is 0 Å². The molecule has 23 nitrogen and oxygen atoms in total. The quantitative estimate of drug-likeness (QED) is 0.0775. The predicted molar refractivity (Wildman–Crippen MR) is 231 cm³/mol. The molecule has 8 N–H and O–H groups in total. The summed E-state index contributed by atoms with van der Waals surface area (Å²) >= 11 is 0. The summed E-state index contributed by atoms with van der Waals surface area (Å²) in [5, 5.41) is 33.8. The molecule has 8 bridgehead atoms. The molecular weight excluding hydrogens is 1090 g/mol. The average molecular weight is 1150 g/mol. The van der Waals surface area contributed by atoms with Crippen molar-refractivity contribution in [3.8, 4) is 0 Å². The molecule has 65 heavy (non-hydrogen) atoms. The zero-order valence-corrected chi connectivity index (χ0v) is 42.7. The van der Waals surface area contributed by atoms with Gasteiger partial charge in [0.1, 0.15) is 0 Å². The van der Waals surface area contributed by atoms with Crippen LogP contribution in [-0.4, -0.2) is 113 Å². The Hall–Kier alpha value is 0.624. The Bertz CT molecular complexity index is 1910. The maximum Gasteiger partial charge on any atom is 3.00 e. The van der Waals surface area contributed by atoms with Crippen LogP contribution in [0.5, 0.6) is 0 Å². The van der Waals surface area contributed by atoms with Gasteiger partial charge in [-0.1, -0.05) is 51.4 Å². The van der Waals surface area contributed by atoms with E-state index in [9.17, 15) is 64.2 Å². The van der Waals surface area contributed by atoms with Gasteiger partial charge in [-0.2, -0.15) is 25.3 Å². The summed E-state index contributed by atoms with van der Waals surface area (Å²) in [6.07, 6.45) is 25.6. The van der Waals surface area contributed by atoms with Crippen molar-refractivity contribution in [3.63, 3.8) is 0 Å². The second kappa shape index (κ2) is 22.2. The Labute approximate surface area is 403 Å². The maximum atomic E-state index is 9.52. The molecule has 5 aliphatic heterocycles. The van der Waals surface area contributed by atoms with Crippen molar-refractivity contribution in [1.82, 2.24) is 42.5 Å². The molecule has 9 aliphatic rings. The molecule has 1 radical (unpaired) electrons. The third-order valence-corrected chi connectivity index (χ3v) is 24.5. The fourth-order valence-electron chi connectivity index (χ4n) is 12.0. The molecule has 4 aliphatic carbocycles. The van der Waals surface area contributed by atoms with Gasteiger partial charge in [0.15, 0.2) is 0 Å². The Morgan fingerprint density at radius 3 is 0.446 bits per heavy atom. The van der Waals surface area contributed by atoms with Crippen molar-refractivity contribution in [1.29, 1.82) is 0 Å². The summed E-state index contributed by atoms with van der Waals surface area (Å²) in [5.74, 6) is 5.97. The summed E-state index contributed by atoms with van der Waals surface area (Å²) < 4.78 is 142. The van der Waals surface area contributed by atoms with Crippen LogP contribution in [0.15, 0.2) is 0 Å². The standard InChI is InChI=1S/C32H56N8.3ClHO5S2.Ni/c1-2-10-18-17(9-1)25-33-26(18)38-28-21-13-5-6-14-22(21)30(35-28)40-32-24-16-8-7-15-23(24)31(36-32)39-29-20-12-4-3-11-19(20)27(34-29)37-25;3*1-7(2,3)8(4,5)6;/h17-40H,1-16H2;3*(H,4,5,6);/q;;;;+3/p-3. The van der Waals surface area contributed by atoms with Gasteiger partial charge in [0.05, 0.1) is 49.3 Å². The number of fused-ring (bicyclic) bond motifs is 20. The second-order valence-electron chi connectivity index (χ2n) is 18.0. The summed E-state index contributed by atoms with van der Waals surface area (Å²) in [6.45, 7) is 0. The molecule has 381 valence electrons. The van der Waals surface area contributed by atoms with Gasteiger partial charge in [0.2, 0.25) is 27.5 Å². The van der Waals surface area contributed by atoms with E-state index in [1.807, 2.05) is 0 Å². The van der Waals surface area contributed by atoms with Gasteiger partial charge in [-0.3, -0.25) is 42.5 Å². The van der Waals surface area contributed by atoms with E-state index in [-0.39, 0.29) is 16.5 Å². The Kier molecular flexibility index (Phi) is 19.3. The Morgan fingerprint density at radius 1 is 0.277 bits per heavy atom. The molecule has 5 saturated heterocycles. The molecule has 9 rings (SSSR count). The zero-order chi connectivity index (χ0) is 47.2. The number of hydrogen-bond donors (Lipinski definition) is 8. The topological polar surface area (TPSA) is 370 Å². The third-order valence-electron chi connectivity index (χ3n) is 14.5. The van der Waals surface area contributed by atoms with Gasteiger partial charge in [-0.25, -0.2) is 25.3 Å². The molecule has 9 fully saturated rings. The number of hydrogen-bond acceptors (Lipinski definition) is 23. The Balaban J connectivity index is 0.000000263. The van der Waals surface area contributed by atoms with E-state index in [0.29, 0.717) is 49.3 Å². The van der Waals surface area contributed by atoms with Gasteiger partial charge in [-0.05, 0) is 98.7 Å². The first-order valence-electron chi connectivity index (χ1n) is 21.3. The van der Waals surface area contributed by atoms with Crippen molar-refractivity contribution >= 4 is 83.7 Å². The van der Waals surface area contributed by atoms with Crippen LogP contribution in [0.2, 0.25) is 0 Å². The molecule has 0 amide bonds. The van der Waals surface area contributed by atoms with Crippen molar-refractivity contribution < 1.29 is 80.7 Å². The minimum atomic E-state index is -5.35. The van der Waals surface area contributed by atoms with Crippen LogP contribution in [-0.2, 0) is 68.2 Å². The molecule has 5 heterocycles. The number of rotatable bonds is 3. The fourth-order valence-corrected chi connectivity index (χ4v) is 12.0. The van der Waals surface area contributed by atoms with E-state index in [1.165, 1.54) is 103 Å². The van der Waals surface area contributed by atoms with Crippen LogP contribution in [0.1, 0.15) is 103 Å². The predicted octanol–water partition coefficient (Wildman–Crippen LogP) is -0.351. The largest absolute Gasteiger partial charge is 3.00 e.